The van der Waals surface area contributed by atoms with Crippen LogP contribution >= 0.6 is 23.5 Å². The summed E-state index contributed by atoms with van der Waals surface area (Å²) in [5.41, 5.74) is 4.18. The van der Waals surface area contributed by atoms with Crippen LogP contribution in [0, 0.1) is 6.92 Å². The Morgan fingerprint density at radius 3 is 2.56 bits per heavy atom. The van der Waals surface area contributed by atoms with Crippen LogP contribution in [0.15, 0.2) is 47.6 Å². The van der Waals surface area contributed by atoms with Crippen molar-refractivity contribution in [3.05, 3.63) is 53.4 Å². The van der Waals surface area contributed by atoms with Crippen molar-refractivity contribution in [2.24, 2.45) is 0 Å². The number of nitrogens with zero attached hydrogens (tertiary/aromatic N) is 4. The molecule has 32 heavy (non-hydrogen) atoms. The van der Waals surface area contributed by atoms with Crippen LogP contribution in [-0.2, 0) is 0 Å². The van der Waals surface area contributed by atoms with E-state index < -0.39 is 0 Å². The SMILES string of the molecule is CNc1ncc2cc(-c3cc(NSc4cc(Cl)cnc4OC)ccc3OC)c(C)nc2n1. The number of nitrogens with one attached hydrogen (secondary N) is 2. The molecular formula is C22H21ClN6O2S. The molecule has 1 aromatic carbocycles. The molecule has 4 aromatic rings. The zero-order valence-corrected chi connectivity index (χ0v) is 19.5. The number of rotatable bonds is 7. The number of hydrogen-bond acceptors (Lipinski definition) is 9. The number of pyridine rings is 2. The molecule has 3 heterocycles. The van der Waals surface area contributed by atoms with Gasteiger partial charge in [0.15, 0.2) is 5.65 Å². The van der Waals surface area contributed by atoms with Crippen molar-refractivity contribution in [3.8, 4) is 22.8 Å². The lowest BCUT2D eigenvalue weighted by atomic mass is 10.0. The highest BCUT2D eigenvalue weighted by Gasteiger charge is 2.14. The van der Waals surface area contributed by atoms with E-state index in [0.29, 0.717) is 22.5 Å². The van der Waals surface area contributed by atoms with Crippen molar-refractivity contribution in [1.29, 1.82) is 0 Å². The molecule has 4 rings (SSSR count). The van der Waals surface area contributed by atoms with E-state index in [9.17, 15) is 0 Å². The molecule has 0 radical (unpaired) electrons. The van der Waals surface area contributed by atoms with Gasteiger partial charge in [0.05, 0.1) is 24.1 Å². The second kappa shape index (κ2) is 9.46. The minimum absolute atomic E-state index is 0.496. The minimum Gasteiger partial charge on any atom is -0.496 e. The van der Waals surface area contributed by atoms with E-state index in [1.165, 1.54) is 11.9 Å². The maximum absolute atomic E-state index is 6.09. The molecule has 0 amide bonds. The molecule has 0 fully saturated rings. The van der Waals surface area contributed by atoms with Gasteiger partial charge in [-0.2, -0.15) is 4.98 Å². The molecular weight excluding hydrogens is 448 g/mol. The van der Waals surface area contributed by atoms with Gasteiger partial charge in [0.1, 0.15) is 5.75 Å². The van der Waals surface area contributed by atoms with Crippen LogP contribution in [0.25, 0.3) is 22.2 Å². The Morgan fingerprint density at radius 2 is 1.81 bits per heavy atom. The first kappa shape index (κ1) is 21.9. The lowest BCUT2D eigenvalue weighted by Gasteiger charge is -2.15. The summed E-state index contributed by atoms with van der Waals surface area (Å²) in [6.07, 6.45) is 3.31. The van der Waals surface area contributed by atoms with E-state index >= 15 is 0 Å². The fraction of sp³-hybridized carbons (Fsp3) is 0.182. The Labute approximate surface area is 194 Å². The zero-order valence-electron chi connectivity index (χ0n) is 17.9. The van der Waals surface area contributed by atoms with E-state index in [1.54, 1.807) is 39.7 Å². The Balaban J connectivity index is 1.70. The first-order valence-corrected chi connectivity index (χ1v) is 10.8. The number of aromatic nitrogens is 4. The van der Waals surface area contributed by atoms with Crippen LogP contribution in [0.4, 0.5) is 11.6 Å². The standard InChI is InChI=1S/C22H21ClN6O2S/c1-12-16(7-13-10-26-22(24-2)28-20(13)27-12)17-9-15(5-6-18(17)30-3)29-32-19-8-14(23)11-25-21(19)31-4/h5-11,29H,1-4H3,(H,24,26,27,28). The van der Waals surface area contributed by atoms with Gasteiger partial charge >= 0.3 is 0 Å². The summed E-state index contributed by atoms with van der Waals surface area (Å²) < 4.78 is 14.3. The van der Waals surface area contributed by atoms with Crippen LogP contribution in [-0.4, -0.2) is 41.2 Å². The van der Waals surface area contributed by atoms with Gasteiger partial charge in [0.2, 0.25) is 11.8 Å². The van der Waals surface area contributed by atoms with E-state index in [4.69, 9.17) is 21.1 Å². The minimum atomic E-state index is 0.496. The van der Waals surface area contributed by atoms with Crippen LogP contribution in [0.2, 0.25) is 5.02 Å². The summed E-state index contributed by atoms with van der Waals surface area (Å²) in [5.74, 6) is 1.76. The summed E-state index contributed by atoms with van der Waals surface area (Å²) in [6, 6.07) is 9.68. The number of ether oxygens (including phenoxy) is 2. The first-order valence-electron chi connectivity index (χ1n) is 9.65. The maximum Gasteiger partial charge on any atom is 0.228 e. The summed E-state index contributed by atoms with van der Waals surface area (Å²) in [5, 5.41) is 4.31. The zero-order chi connectivity index (χ0) is 22.7. The number of halogens is 1. The molecule has 3 aromatic heterocycles. The Bertz CT molecular complexity index is 1290. The lowest BCUT2D eigenvalue weighted by molar-refractivity contribution is 0.387. The molecule has 0 aliphatic carbocycles. The Kier molecular flexibility index (Phi) is 6.48. The van der Waals surface area contributed by atoms with Crippen LogP contribution in [0.3, 0.4) is 0 Å². The topological polar surface area (TPSA) is 94.1 Å². The van der Waals surface area contributed by atoms with Gasteiger partial charge in [0.25, 0.3) is 0 Å². The molecule has 0 spiro atoms. The summed E-state index contributed by atoms with van der Waals surface area (Å²) in [6.45, 7) is 1.95. The van der Waals surface area contributed by atoms with Crippen LogP contribution < -0.4 is 19.5 Å². The largest absolute Gasteiger partial charge is 0.496 e. The van der Waals surface area contributed by atoms with E-state index in [2.05, 4.69) is 30.0 Å². The Hall–Kier alpha value is -3.30. The average Bonchev–Trinajstić information content (AvgIpc) is 2.81. The molecule has 8 nitrogen and oxygen atoms in total. The lowest BCUT2D eigenvalue weighted by Crippen LogP contribution is -1.99. The van der Waals surface area contributed by atoms with Gasteiger partial charge in [-0.05, 0) is 49.2 Å². The smallest absolute Gasteiger partial charge is 0.228 e. The molecule has 10 heteroatoms. The molecule has 164 valence electrons. The van der Waals surface area contributed by atoms with Gasteiger partial charge in [-0.3, -0.25) is 0 Å². The fourth-order valence-corrected chi connectivity index (χ4v) is 4.16. The van der Waals surface area contributed by atoms with E-state index in [-0.39, 0.29) is 0 Å². The van der Waals surface area contributed by atoms with Gasteiger partial charge in [0, 0.05) is 47.3 Å². The van der Waals surface area contributed by atoms with Crippen molar-refractivity contribution in [3.63, 3.8) is 0 Å². The van der Waals surface area contributed by atoms with Crippen molar-refractivity contribution >= 4 is 46.2 Å². The third-order valence-electron chi connectivity index (χ3n) is 4.73. The molecule has 0 atom stereocenters. The van der Waals surface area contributed by atoms with Gasteiger partial charge in [-0.15, -0.1) is 0 Å². The summed E-state index contributed by atoms with van der Waals surface area (Å²) in [4.78, 5) is 18.4. The normalized spacial score (nSPS) is 10.8. The molecule has 0 saturated carbocycles. The molecule has 0 saturated heterocycles. The molecule has 0 aliphatic rings. The van der Waals surface area contributed by atoms with Crippen LogP contribution in [0.1, 0.15) is 5.69 Å². The third kappa shape index (κ3) is 4.49. The number of fused-ring (bicyclic) bond motifs is 1. The fourth-order valence-electron chi connectivity index (χ4n) is 3.18. The van der Waals surface area contributed by atoms with Gasteiger partial charge < -0.3 is 19.5 Å². The Morgan fingerprint density at radius 1 is 0.969 bits per heavy atom. The highest BCUT2D eigenvalue weighted by Crippen LogP contribution is 2.37. The number of anilines is 2. The quantitative estimate of drug-likeness (QED) is 0.353. The molecule has 0 bridgehead atoms. The predicted molar refractivity (Wildman–Crippen MR) is 129 cm³/mol. The monoisotopic (exact) mass is 468 g/mol. The number of aryl methyl sites for hydroxylation is 1. The molecule has 0 unspecified atom stereocenters. The van der Waals surface area contributed by atoms with Crippen molar-refractivity contribution in [2.75, 3.05) is 31.3 Å². The first-order chi connectivity index (χ1) is 15.5. The average molecular weight is 469 g/mol. The maximum atomic E-state index is 6.09. The van der Waals surface area contributed by atoms with Crippen molar-refractivity contribution in [1.82, 2.24) is 19.9 Å². The van der Waals surface area contributed by atoms with Crippen LogP contribution in [0.5, 0.6) is 11.6 Å². The highest BCUT2D eigenvalue weighted by molar-refractivity contribution is 8.00. The van der Waals surface area contributed by atoms with Crippen molar-refractivity contribution in [2.45, 2.75) is 11.8 Å². The third-order valence-corrected chi connectivity index (χ3v) is 5.79. The summed E-state index contributed by atoms with van der Waals surface area (Å²) in [7, 11) is 5.00. The van der Waals surface area contributed by atoms with E-state index in [1.807, 2.05) is 31.2 Å². The summed E-state index contributed by atoms with van der Waals surface area (Å²) >= 11 is 7.45. The number of methoxy groups -OCH3 is 2. The van der Waals surface area contributed by atoms with Gasteiger partial charge in [-0.25, -0.2) is 15.0 Å². The van der Waals surface area contributed by atoms with Crippen molar-refractivity contribution < 1.29 is 9.47 Å². The molecule has 0 aliphatic heterocycles. The number of hydrogen-bond donors (Lipinski definition) is 2. The second-order valence-electron chi connectivity index (χ2n) is 6.76. The number of benzene rings is 1. The van der Waals surface area contributed by atoms with Gasteiger partial charge in [-0.1, -0.05) is 11.6 Å². The predicted octanol–water partition coefficient (Wildman–Crippen LogP) is 5.23. The molecule has 2 N–H and O–H groups in total. The highest BCUT2D eigenvalue weighted by atomic mass is 35.5. The van der Waals surface area contributed by atoms with E-state index in [0.717, 1.165) is 38.5 Å². The second-order valence-corrected chi connectivity index (χ2v) is 8.04.